The Morgan fingerprint density at radius 3 is 1.27 bits per heavy atom. The summed E-state index contributed by atoms with van der Waals surface area (Å²) in [7, 11) is 0. The number of ether oxygens (including phenoxy) is 2. The van der Waals surface area contributed by atoms with Gasteiger partial charge in [0.25, 0.3) is 0 Å². The highest BCUT2D eigenvalue weighted by atomic mass is 16.6. The van der Waals surface area contributed by atoms with Crippen LogP contribution >= 0.6 is 0 Å². The topological polar surface area (TPSA) is 161 Å². The maximum atomic E-state index is 11.3. The molecule has 10 nitrogen and oxygen atoms in total. The van der Waals surface area contributed by atoms with Crippen molar-refractivity contribution >= 4 is 35.8 Å². The summed E-state index contributed by atoms with van der Waals surface area (Å²) in [5, 5.41) is 16.7. The van der Waals surface area contributed by atoms with E-state index in [2.05, 4.69) is 9.47 Å². The number of carbonyl (C=O) groups is 6. The molecular formula is C16H16O10. The van der Waals surface area contributed by atoms with Crippen LogP contribution in [-0.4, -0.2) is 46.0 Å². The minimum atomic E-state index is -1.18. The number of rotatable bonds is 10. The Balaban J connectivity index is 4.12. The maximum Gasteiger partial charge on any atom is 0.338 e. The molecule has 0 amide bonds. The summed E-state index contributed by atoms with van der Waals surface area (Å²) < 4.78 is 8.62. The van der Waals surface area contributed by atoms with Crippen LogP contribution in [0.15, 0.2) is 36.5 Å². The van der Waals surface area contributed by atoms with Crippen molar-refractivity contribution in [3.05, 3.63) is 36.5 Å². The highest BCUT2D eigenvalue weighted by Crippen LogP contribution is 1.98. The van der Waals surface area contributed by atoms with Gasteiger partial charge in [-0.1, -0.05) is 12.2 Å². The number of hydrogen-bond donors (Lipinski definition) is 2. The van der Waals surface area contributed by atoms with Gasteiger partial charge in [-0.05, 0) is 12.8 Å². The van der Waals surface area contributed by atoms with Crippen LogP contribution in [0.5, 0.6) is 0 Å². The Bertz CT molecular complexity index is 598. The van der Waals surface area contributed by atoms with Crippen LogP contribution in [0.1, 0.15) is 25.7 Å². The summed E-state index contributed by atoms with van der Waals surface area (Å²) in [4.78, 5) is 65.4. The van der Waals surface area contributed by atoms with E-state index in [1.165, 1.54) is 12.2 Å². The van der Waals surface area contributed by atoms with E-state index in [1.807, 2.05) is 0 Å². The number of carboxylic acid groups (broad SMARTS) is 2. The molecule has 0 aromatic carbocycles. The van der Waals surface area contributed by atoms with Crippen molar-refractivity contribution in [3.8, 4) is 0 Å². The zero-order valence-corrected chi connectivity index (χ0v) is 13.5. The minimum absolute atomic E-state index is 0.0506. The summed E-state index contributed by atoms with van der Waals surface area (Å²) >= 11 is 0. The number of hydrogen-bond acceptors (Lipinski definition) is 8. The number of esters is 4. The lowest BCUT2D eigenvalue weighted by Gasteiger charge is -1.99. The van der Waals surface area contributed by atoms with Gasteiger partial charge in [0.15, 0.2) is 0 Å². The first-order chi connectivity index (χ1) is 12.2. The minimum Gasteiger partial charge on any atom is -0.478 e. The molecule has 10 heteroatoms. The van der Waals surface area contributed by atoms with Crippen LogP contribution in [0.25, 0.3) is 0 Å². The molecule has 0 aliphatic carbocycles. The fraction of sp³-hybridized carbons (Fsp3) is 0.250. The predicted molar refractivity (Wildman–Crippen MR) is 83.4 cm³/mol. The zero-order valence-electron chi connectivity index (χ0n) is 13.5. The normalized spacial score (nSPS) is 10.9. The zero-order chi connectivity index (χ0) is 19.9. The van der Waals surface area contributed by atoms with Crippen molar-refractivity contribution in [2.24, 2.45) is 0 Å². The van der Waals surface area contributed by atoms with Gasteiger partial charge in [0, 0.05) is 37.1 Å². The summed E-state index contributed by atoms with van der Waals surface area (Å²) in [5.74, 6) is -6.53. The molecule has 0 spiro atoms. The third kappa shape index (κ3) is 14.1. The quantitative estimate of drug-likeness (QED) is 0.316. The van der Waals surface area contributed by atoms with E-state index in [-0.39, 0.29) is 25.7 Å². The van der Waals surface area contributed by atoms with Crippen LogP contribution in [0, 0.1) is 0 Å². The van der Waals surface area contributed by atoms with Crippen molar-refractivity contribution in [2.75, 3.05) is 0 Å². The van der Waals surface area contributed by atoms with E-state index in [0.29, 0.717) is 12.2 Å². The van der Waals surface area contributed by atoms with E-state index >= 15 is 0 Å². The molecule has 0 bridgehead atoms. The molecule has 0 saturated heterocycles. The molecule has 140 valence electrons. The first-order valence-corrected chi connectivity index (χ1v) is 7.17. The first kappa shape index (κ1) is 22.4. The molecule has 0 unspecified atom stereocenters. The average Bonchev–Trinajstić information content (AvgIpc) is 2.53. The van der Waals surface area contributed by atoms with Gasteiger partial charge in [0.2, 0.25) is 0 Å². The number of carbonyl (C=O) groups excluding carboxylic acids is 4. The molecule has 0 radical (unpaired) electrons. The predicted octanol–water partition coefficient (Wildman–Crippen LogP) is 0.524. The van der Waals surface area contributed by atoms with Crippen LogP contribution in [0.2, 0.25) is 0 Å². The molecule has 0 aliphatic rings. The Morgan fingerprint density at radius 2 is 0.962 bits per heavy atom. The van der Waals surface area contributed by atoms with Gasteiger partial charge in [-0.3, -0.25) is 9.59 Å². The largest absolute Gasteiger partial charge is 0.478 e. The Hall–Kier alpha value is -3.56. The highest BCUT2D eigenvalue weighted by Gasteiger charge is 2.10. The van der Waals surface area contributed by atoms with Crippen molar-refractivity contribution in [2.45, 2.75) is 25.7 Å². The molecule has 0 heterocycles. The molecule has 0 fully saturated rings. The summed E-state index contributed by atoms with van der Waals surface area (Å²) in [6.45, 7) is 0. The lowest BCUT2D eigenvalue weighted by molar-refractivity contribution is -0.159. The maximum absolute atomic E-state index is 11.3. The molecule has 0 rings (SSSR count). The Morgan fingerprint density at radius 1 is 0.615 bits per heavy atom. The lowest BCUT2D eigenvalue weighted by atomic mass is 10.3. The second-order valence-electron chi connectivity index (χ2n) is 4.48. The fourth-order valence-corrected chi connectivity index (χ4v) is 1.30. The number of aliphatic carboxylic acids is 2. The molecule has 0 aliphatic heterocycles. The van der Waals surface area contributed by atoms with Crippen LogP contribution in [0.3, 0.4) is 0 Å². The average molecular weight is 368 g/mol. The van der Waals surface area contributed by atoms with Gasteiger partial charge in [-0.2, -0.15) is 0 Å². The third-order valence-corrected chi connectivity index (χ3v) is 2.34. The molecule has 2 N–H and O–H groups in total. The second-order valence-corrected chi connectivity index (χ2v) is 4.48. The van der Waals surface area contributed by atoms with E-state index in [9.17, 15) is 28.8 Å². The standard InChI is InChI=1S/C16H16O10/c17-11(18)5-1-3-7-13(21)25-15(23)9-10-16(24)26-14(22)8-4-2-6-12(19)20/h1-2,5-6,9-10H,3-4,7-8H2,(H,17,18)(H,19,20). The molecule has 26 heavy (non-hydrogen) atoms. The Labute approximate surface area is 147 Å². The number of allylic oxidation sites excluding steroid dienone is 2. The van der Waals surface area contributed by atoms with E-state index in [4.69, 9.17) is 10.2 Å². The van der Waals surface area contributed by atoms with Gasteiger partial charge in [0.05, 0.1) is 0 Å². The molecule has 0 aromatic heterocycles. The van der Waals surface area contributed by atoms with Crippen LogP contribution < -0.4 is 0 Å². The summed E-state index contributed by atoms with van der Waals surface area (Å²) in [6.07, 6.45) is 4.88. The monoisotopic (exact) mass is 368 g/mol. The van der Waals surface area contributed by atoms with Gasteiger partial charge >= 0.3 is 35.8 Å². The second kappa shape index (κ2) is 12.8. The van der Waals surface area contributed by atoms with Crippen LogP contribution in [-0.2, 0) is 38.2 Å². The van der Waals surface area contributed by atoms with E-state index in [1.54, 1.807) is 0 Å². The van der Waals surface area contributed by atoms with Gasteiger partial charge in [-0.15, -0.1) is 0 Å². The summed E-state index contributed by atoms with van der Waals surface area (Å²) in [6, 6.07) is 0. The van der Waals surface area contributed by atoms with E-state index in [0.717, 1.165) is 12.2 Å². The Kier molecular flexibility index (Phi) is 11.1. The SMILES string of the molecule is O=C(O)C=CCCC(=O)OC(=O)C=CC(=O)OC(=O)CCC=CC(=O)O. The molecular weight excluding hydrogens is 352 g/mol. The van der Waals surface area contributed by atoms with Gasteiger partial charge < -0.3 is 19.7 Å². The third-order valence-electron chi connectivity index (χ3n) is 2.34. The van der Waals surface area contributed by atoms with E-state index < -0.39 is 35.8 Å². The van der Waals surface area contributed by atoms with Crippen molar-refractivity contribution in [3.63, 3.8) is 0 Å². The van der Waals surface area contributed by atoms with Crippen LogP contribution in [0.4, 0.5) is 0 Å². The van der Waals surface area contributed by atoms with Gasteiger partial charge in [0.1, 0.15) is 0 Å². The van der Waals surface area contributed by atoms with Crippen molar-refractivity contribution < 1.29 is 48.5 Å². The fourth-order valence-electron chi connectivity index (χ4n) is 1.30. The highest BCUT2D eigenvalue weighted by molar-refractivity contribution is 5.99. The first-order valence-electron chi connectivity index (χ1n) is 7.17. The smallest absolute Gasteiger partial charge is 0.338 e. The van der Waals surface area contributed by atoms with Crippen molar-refractivity contribution in [1.29, 1.82) is 0 Å². The number of carboxylic acids is 2. The lowest BCUT2D eigenvalue weighted by Crippen LogP contribution is -2.12. The molecule has 0 aromatic rings. The molecule has 0 atom stereocenters. The summed E-state index contributed by atoms with van der Waals surface area (Å²) in [5.41, 5.74) is 0. The molecule has 0 saturated carbocycles. The van der Waals surface area contributed by atoms with Gasteiger partial charge in [-0.25, -0.2) is 19.2 Å². The van der Waals surface area contributed by atoms with Crippen molar-refractivity contribution in [1.82, 2.24) is 0 Å².